The summed E-state index contributed by atoms with van der Waals surface area (Å²) in [6, 6.07) is 5.11. The van der Waals surface area contributed by atoms with Crippen molar-refractivity contribution in [1.82, 2.24) is 21.3 Å². The highest BCUT2D eigenvalue weighted by atomic mass is 127. The molecule has 242 valence electrons. The summed E-state index contributed by atoms with van der Waals surface area (Å²) in [5.41, 5.74) is 1.27. The average molecular weight is 720 g/mol. The van der Waals surface area contributed by atoms with Crippen LogP contribution < -0.4 is 26.6 Å². The molecule has 0 fully saturated rings. The van der Waals surface area contributed by atoms with Crippen LogP contribution in [0.3, 0.4) is 0 Å². The van der Waals surface area contributed by atoms with Crippen molar-refractivity contribution in [2.24, 2.45) is 11.8 Å². The molecule has 0 aromatic heterocycles. The van der Waals surface area contributed by atoms with Gasteiger partial charge in [0, 0.05) is 25.2 Å². The summed E-state index contributed by atoms with van der Waals surface area (Å²) in [5.74, 6) is -1.20. The van der Waals surface area contributed by atoms with E-state index in [9.17, 15) is 24.0 Å². The minimum absolute atomic E-state index is 0.0487. The molecule has 5 amide bonds. The van der Waals surface area contributed by atoms with E-state index in [1.54, 1.807) is 45.0 Å². The molecular formula is C29H46IN5O8. The average Bonchev–Trinajstić information content (AvgIpc) is 2.96. The SMILES string of the molecule is CC(C)CNC(=O)OCc1ccc(NC(=O)[C@H](C)NC(=O)[C@@H](NC(=O)CCOCCOCCNC(=O)CI)C(C)C)cc1. The van der Waals surface area contributed by atoms with Gasteiger partial charge in [-0.3, -0.25) is 19.2 Å². The van der Waals surface area contributed by atoms with Crippen molar-refractivity contribution in [3.63, 3.8) is 0 Å². The minimum Gasteiger partial charge on any atom is -0.445 e. The molecule has 1 aromatic rings. The lowest BCUT2D eigenvalue weighted by molar-refractivity contribution is -0.132. The monoisotopic (exact) mass is 719 g/mol. The lowest BCUT2D eigenvalue weighted by Crippen LogP contribution is -2.53. The Bertz CT molecular complexity index is 1020. The molecule has 43 heavy (non-hydrogen) atoms. The number of ether oxygens (including phenoxy) is 3. The first-order valence-corrected chi connectivity index (χ1v) is 15.8. The quantitative estimate of drug-likeness (QED) is 0.0775. The maximum atomic E-state index is 12.9. The molecule has 0 spiro atoms. The predicted octanol–water partition coefficient (Wildman–Crippen LogP) is 2.13. The molecular weight excluding hydrogens is 673 g/mol. The van der Waals surface area contributed by atoms with E-state index in [-0.39, 0.29) is 37.4 Å². The highest BCUT2D eigenvalue weighted by Crippen LogP contribution is 2.11. The van der Waals surface area contributed by atoms with Gasteiger partial charge in [0.05, 0.1) is 30.9 Å². The largest absolute Gasteiger partial charge is 0.445 e. The third kappa shape index (κ3) is 17.7. The summed E-state index contributed by atoms with van der Waals surface area (Å²) >= 11 is 1.98. The lowest BCUT2D eigenvalue weighted by atomic mass is 10.0. The van der Waals surface area contributed by atoms with Gasteiger partial charge in [-0.25, -0.2) is 4.79 Å². The molecule has 2 atom stereocenters. The molecule has 0 heterocycles. The highest BCUT2D eigenvalue weighted by Gasteiger charge is 2.27. The van der Waals surface area contributed by atoms with E-state index < -0.39 is 30.0 Å². The summed E-state index contributed by atoms with van der Waals surface area (Å²) in [7, 11) is 0. The molecule has 1 aromatic carbocycles. The third-order valence-electron chi connectivity index (χ3n) is 5.80. The number of hydrogen-bond acceptors (Lipinski definition) is 8. The molecule has 0 unspecified atom stereocenters. The Kier molecular flexibility index (Phi) is 19.2. The van der Waals surface area contributed by atoms with Gasteiger partial charge < -0.3 is 40.8 Å². The molecule has 0 aliphatic heterocycles. The van der Waals surface area contributed by atoms with Gasteiger partial charge in [0.1, 0.15) is 18.7 Å². The smallest absolute Gasteiger partial charge is 0.407 e. The van der Waals surface area contributed by atoms with Crippen LogP contribution in [-0.4, -0.2) is 85.8 Å². The van der Waals surface area contributed by atoms with Gasteiger partial charge in [0.15, 0.2) is 0 Å². The van der Waals surface area contributed by atoms with Crippen LogP contribution in [0.15, 0.2) is 24.3 Å². The van der Waals surface area contributed by atoms with Crippen LogP contribution in [0.5, 0.6) is 0 Å². The topological polar surface area (TPSA) is 173 Å². The van der Waals surface area contributed by atoms with Crippen molar-refractivity contribution >= 4 is 58.0 Å². The molecule has 0 saturated carbocycles. The molecule has 5 N–H and O–H groups in total. The second-order valence-corrected chi connectivity index (χ2v) is 11.3. The highest BCUT2D eigenvalue weighted by molar-refractivity contribution is 14.1. The van der Waals surface area contributed by atoms with Crippen LogP contribution >= 0.6 is 22.6 Å². The van der Waals surface area contributed by atoms with Gasteiger partial charge in [-0.05, 0) is 36.5 Å². The first kappa shape index (κ1) is 38.0. The van der Waals surface area contributed by atoms with Crippen molar-refractivity contribution in [2.45, 2.75) is 59.7 Å². The molecule has 0 aliphatic carbocycles. The number of benzene rings is 1. The van der Waals surface area contributed by atoms with Crippen molar-refractivity contribution in [3.8, 4) is 0 Å². The number of rotatable bonds is 20. The zero-order chi connectivity index (χ0) is 32.2. The molecule has 14 heteroatoms. The number of halogens is 1. The van der Waals surface area contributed by atoms with Crippen molar-refractivity contribution in [1.29, 1.82) is 0 Å². The van der Waals surface area contributed by atoms with Crippen LogP contribution in [0.1, 0.15) is 46.6 Å². The Morgan fingerprint density at radius 2 is 1.44 bits per heavy atom. The van der Waals surface area contributed by atoms with Gasteiger partial charge in [-0.15, -0.1) is 0 Å². The van der Waals surface area contributed by atoms with Gasteiger partial charge >= 0.3 is 6.09 Å². The lowest BCUT2D eigenvalue weighted by Gasteiger charge is -2.24. The van der Waals surface area contributed by atoms with E-state index in [1.165, 1.54) is 0 Å². The normalized spacial score (nSPS) is 12.3. The van der Waals surface area contributed by atoms with Crippen molar-refractivity contribution < 1.29 is 38.2 Å². The Labute approximate surface area is 267 Å². The first-order valence-electron chi connectivity index (χ1n) is 14.3. The zero-order valence-corrected chi connectivity index (χ0v) is 27.8. The fourth-order valence-electron chi connectivity index (χ4n) is 3.37. The van der Waals surface area contributed by atoms with E-state index in [2.05, 4.69) is 26.6 Å². The number of amides is 5. The second kappa shape index (κ2) is 21.7. The van der Waals surface area contributed by atoms with Crippen LogP contribution in [-0.2, 0) is 40.0 Å². The molecule has 0 bridgehead atoms. The Balaban J connectivity index is 2.39. The van der Waals surface area contributed by atoms with Gasteiger partial charge in [0.25, 0.3) is 0 Å². The number of carbonyl (C=O) groups is 5. The standard InChI is InChI=1S/C29H46IN5O8/c1-19(2)17-32-29(40)43-18-22-6-8-23(9-7-22)34-27(38)21(5)33-28(39)26(20(3)4)35-24(36)10-12-41-14-15-42-13-11-31-25(37)16-30/h6-9,19-21,26H,10-18H2,1-5H3,(H,31,37)(H,32,40)(H,33,39)(H,34,38)(H,35,36)/t21-,26-/m0/s1. The molecule has 13 nitrogen and oxygen atoms in total. The second-order valence-electron chi connectivity index (χ2n) is 10.5. The van der Waals surface area contributed by atoms with E-state index in [4.69, 9.17) is 14.2 Å². The van der Waals surface area contributed by atoms with E-state index in [0.717, 1.165) is 5.56 Å². The molecule has 0 radical (unpaired) electrons. The molecule has 0 aliphatic rings. The number of nitrogens with one attached hydrogen (secondary N) is 5. The predicted molar refractivity (Wildman–Crippen MR) is 171 cm³/mol. The molecule has 1 rings (SSSR count). The number of alkyl carbamates (subject to hydrolysis) is 1. The zero-order valence-electron chi connectivity index (χ0n) is 25.6. The summed E-state index contributed by atoms with van der Waals surface area (Å²) < 4.78 is 16.3. The molecule has 0 saturated heterocycles. The van der Waals surface area contributed by atoms with Crippen molar-refractivity contribution in [3.05, 3.63) is 29.8 Å². The number of anilines is 1. The van der Waals surface area contributed by atoms with Gasteiger partial charge in [0.2, 0.25) is 23.6 Å². The summed E-state index contributed by atoms with van der Waals surface area (Å²) in [6.07, 6.45) is -0.435. The first-order chi connectivity index (χ1) is 20.4. The van der Waals surface area contributed by atoms with E-state index in [1.807, 2.05) is 36.4 Å². The summed E-state index contributed by atoms with van der Waals surface area (Å²) in [5, 5.41) is 13.5. The van der Waals surface area contributed by atoms with Gasteiger partial charge in [-0.1, -0.05) is 62.4 Å². The van der Waals surface area contributed by atoms with Crippen LogP contribution in [0.4, 0.5) is 10.5 Å². The van der Waals surface area contributed by atoms with Crippen LogP contribution in [0.25, 0.3) is 0 Å². The summed E-state index contributed by atoms with van der Waals surface area (Å²) in [4.78, 5) is 60.8. The van der Waals surface area contributed by atoms with Crippen LogP contribution in [0.2, 0.25) is 0 Å². The number of hydrogen-bond donors (Lipinski definition) is 5. The fraction of sp³-hybridized carbons (Fsp3) is 0.621. The maximum absolute atomic E-state index is 12.9. The maximum Gasteiger partial charge on any atom is 0.407 e. The fourth-order valence-corrected chi connectivity index (χ4v) is 3.64. The number of alkyl halides is 1. The van der Waals surface area contributed by atoms with Gasteiger partial charge in [-0.2, -0.15) is 0 Å². The Morgan fingerprint density at radius 1 is 0.791 bits per heavy atom. The Hall–Kier alpha value is -2.98. The van der Waals surface area contributed by atoms with Crippen LogP contribution in [0, 0.1) is 11.8 Å². The van der Waals surface area contributed by atoms with E-state index >= 15 is 0 Å². The van der Waals surface area contributed by atoms with E-state index in [0.29, 0.717) is 48.9 Å². The third-order valence-corrected chi connectivity index (χ3v) is 6.49. The number of carbonyl (C=O) groups excluding carboxylic acids is 5. The van der Waals surface area contributed by atoms with Crippen molar-refractivity contribution in [2.75, 3.05) is 49.3 Å². The minimum atomic E-state index is -0.864. The summed E-state index contributed by atoms with van der Waals surface area (Å²) in [6.45, 7) is 11.3. The Morgan fingerprint density at radius 3 is 2.05 bits per heavy atom.